The molecular weight excluding hydrogens is 591 g/mol. The molecule has 1 saturated carbocycles. The van der Waals surface area contributed by atoms with Crippen LogP contribution in [0, 0.1) is 5.92 Å². The fourth-order valence-electron chi connectivity index (χ4n) is 5.51. The van der Waals surface area contributed by atoms with E-state index in [4.69, 9.17) is 55.2 Å². The number of hydrogen-bond donors (Lipinski definition) is 3. The van der Waals surface area contributed by atoms with Gasteiger partial charge in [-0.25, -0.2) is 14.8 Å². The summed E-state index contributed by atoms with van der Waals surface area (Å²) in [6, 6.07) is 3.18. The van der Waals surface area contributed by atoms with Crippen molar-refractivity contribution in [3.05, 3.63) is 33.4 Å². The molecule has 2 aromatic heterocycles. The fourth-order valence-corrected chi connectivity index (χ4v) is 6.42. The molecule has 11 nitrogen and oxygen atoms in total. The number of benzene rings is 1. The maximum atomic E-state index is 12.5. The number of carbonyl (C=O) groups is 2. The fraction of sp³-hybridized carbons (Fsp3) is 0.519. The van der Waals surface area contributed by atoms with Crippen molar-refractivity contribution >= 4 is 75.6 Å². The van der Waals surface area contributed by atoms with E-state index < -0.39 is 0 Å². The van der Waals surface area contributed by atoms with E-state index in [2.05, 4.69) is 15.6 Å². The van der Waals surface area contributed by atoms with Crippen LogP contribution >= 0.6 is 34.8 Å². The monoisotopic (exact) mass is 622 g/mol. The van der Waals surface area contributed by atoms with Crippen LogP contribution in [0.5, 0.6) is 0 Å². The van der Waals surface area contributed by atoms with Crippen molar-refractivity contribution in [2.75, 3.05) is 23.7 Å². The van der Waals surface area contributed by atoms with E-state index in [1.165, 1.54) is 0 Å². The Bertz CT molecular complexity index is 1420. The molecule has 4 N–H and O–H groups in total. The number of nitrogens with two attached hydrogens (primary N) is 1. The zero-order valence-corrected chi connectivity index (χ0v) is 25.1. The van der Waals surface area contributed by atoms with Crippen LogP contribution in [-0.2, 0) is 9.53 Å². The quantitative estimate of drug-likeness (QED) is 0.284. The summed E-state index contributed by atoms with van der Waals surface area (Å²) < 4.78 is 7.40. The summed E-state index contributed by atoms with van der Waals surface area (Å²) in [6.07, 6.45) is 5.65. The summed E-state index contributed by atoms with van der Waals surface area (Å²) in [5.41, 5.74) is 7.27. The molecule has 2 aliphatic rings. The number of likely N-dealkylation sites (tertiary alicyclic amines) is 1. The van der Waals surface area contributed by atoms with Crippen molar-refractivity contribution < 1.29 is 14.3 Å². The van der Waals surface area contributed by atoms with E-state index in [0.29, 0.717) is 69.7 Å². The topological polar surface area (TPSA) is 140 Å². The van der Waals surface area contributed by atoms with Gasteiger partial charge in [0.1, 0.15) is 5.52 Å². The molecule has 220 valence electrons. The molecule has 0 unspecified atom stereocenters. The van der Waals surface area contributed by atoms with Crippen molar-refractivity contribution in [3.8, 4) is 0 Å². The molecule has 1 aliphatic carbocycles. The zero-order chi connectivity index (χ0) is 29.3. The highest BCUT2D eigenvalue weighted by Gasteiger charge is 2.30. The smallest absolute Gasteiger partial charge is 0.410 e. The second kappa shape index (κ2) is 12.5. The summed E-state index contributed by atoms with van der Waals surface area (Å²) in [7, 11) is 0. The van der Waals surface area contributed by atoms with E-state index >= 15 is 0 Å². The van der Waals surface area contributed by atoms with Crippen molar-refractivity contribution in [1.82, 2.24) is 24.4 Å². The summed E-state index contributed by atoms with van der Waals surface area (Å²) in [5, 5.41) is 7.80. The minimum Gasteiger partial charge on any atom is -0.447 e. The summed E-state index contributed by atoms with van der Waals surface area (Å²) in [5.74, 6) is 0.508. The first-order valence-corrected chi connectivity index (χ1v) is 14.9. The molecule has 2 fully saturated rings. The number of halogens is 3. The van der Waals surface area contributed by atoms with Gasteiger partial charge in [0, 0.05) is 36.1 Å². The summed E-state index contributed by atoms with van der Waals surface area (Å²) >= 11 is 19.1. The molecule has 5 rings (SSSR count). The number of rotatable bonds is 7. The Hall–Kier alpha value is -3.02. The van der Waals surface area contributed by atoms with Crippen LogP contribution < -0.4 is 16.4 Å². The largest absolute Gasteiger partial charge is 0.447 e. The van der Waals surface area contributed by atoms with Crippen molar-refractivity contribution in [1.29, 1.82) is 0 Å². The van der Waals surface area contributed by atoms with Crippen LogP contribution in [0.2, 0.25) is 15.1 Å². The van der Waals surface area contributed by atoms with E-state index in [0.717, 1.165) is 25.7 Å². The van der Waals surface area contributed by atoms with Crippen LogP contribution in [0.4, 0.5) is 22.4 Å². The van der Waals surface area contributed by atoms with E-state index in [-0.39, 0.29) is 36.1 Å². The Kier molecular flexibility index (Phi) is 8.96. The van der Waals surface area contributed by atoms with E-state index in [1.807, 2.05) is 18.4 Å². The lowest BCUT2D eigenvalue weighted by atomic mass is 9.85. The first-order chi connectivity index (χ1) is 19.6. The third kappa shape index (κ3) is 6.73. The molecule has 0 bridgehead atoms. The molecule has 1 saturated heterocycles. The first-order valence-electron chi connectivity index (χ1n) is 13.8. The number of primary amides is 1. The molecule has 0 spiro atoms. The molecule has 2 amide bonds. The van der Waals surface area contributed by atoms with Crippen molar-refractivity contribution in [3.63, 3.8) is 0 Å². The minimum atomic E-state index is -0.317. The Labute approximate surface area is 253 Å². The molecule has 41 heavy (non-hydrogen) atoms. The normalized spacial score (nSPS) is 21.2. The number of aromatic nitrogens is 4. The average molecular weight is 624 g/mol. The lowest BCUT2D eigenvalue weighted by molar-refractivity contribution is -0.122. The maximum absolute atomic E-state index is 12.5. The number of hydrogen-bond acceptors (Lipinski definition) is 8. The summed E-state index contributed by atoms with van der Waals surface area (Å²) in [6.45, 7) is 4.81. The van der Waals surface area contributed by atoms with Gasteiger partial charge in [-0.1, -0.05) is 34.8 Å². The highest BCUT2D eigenvalue weighted by molar-refractivity contribution is 6.41. The van der Waals surface area contributed by atoms with Gasteiger partial charge in [0.2, 0.25) is 17.8 Å². The predicted molar refractivity (Wildman–Crippen MR) is 160 cm³/mol. The molecule has 1 aromatic carbocycles. The second-order valence-corrected chi connectivity index (χ2v) is 12.1. The Morgan fingerprint density at radius 3 is 2.44 bits per heavy atom. The molecule has 3 heterocycles. The van der Waals surface area contributed by atoms with Gasteiger partial charge >= 0.3 is 6.09 Å². The Morgan fingerprint density at radius 1 is 1.07 bits per heavy atom. The highest BCUT2D eigenvalue weighted by Crippen LogP contribution is 2.40. The number of anilines is 3. The van der Waals surface area contributed by atoms with Gasteiger partial charge in [0.05, 0.1) is 28.0 Å². The first kappa shape index (κ1) is 29.5. The average Bonchev–Trinajstić information content (AvgIpc) is 3.27. The standard InChI is InChI=1S/C27H33Cl3N8O3/c1-14(2)41-27(40)37-9-3-4-17(13-37)33-25-32-12-21-24(36-25)38(18-7-5-15(6-8-18)23(31)39)26(34-21)35-22-19(29)10-16(28)11-20(22)30/h10-12,14-15,17-18H,3-9,13H2,1-2H3,(H2,31,39)(H,34,35)(H,32,33,36)/t15-,17-,18+/m1/s1. The SMILES string of the molecule is CC(C)OC(=O)N1CCC[C@@H](Nc2ncc3nc(Nc4c(Cl)cc(Cl)cc4Cl)n([C@H]4CC[C@@H](C(N)=O)CC4)c3n2)C1. The Balaban J connectivity index is 1.45. The zero-order valence-electron chi connectivity index (χ0n) is 22.9. The lowest BCUT2D eigenvalue weighted by Gasteiger charge is -2.33. The molecule has 0 radical (unpaired) electrons. The predicted octanol–water partition coefficient (Wildman–Crippen LogP) is 6.17. The molecule has 3 aromatic rings. The van der Waals surface area contributed by atoms with Gasteiger partial charge in [-0.3, -0.25) is 9.36 Å². The number of nitrogens with one attached hydrogen (secondary N) is 2. The van der Waals surface area contributed by atoms with E-state index in [1.54, 1.807) is 23.2 Å². The minimum absolute atomic E-state index is 0.00155. The molecule has 14 heteroatoms. The number of carbonyl (C=O) groups excluding carboxylic acids is 2. The maximum Gasteiger partial charge on any atom is 0.410 e. The second-order valence-electron chi connectivity index (χ2n) is 10.8. The van der Waals surface area contributed by atoms with Gasteiger partial charge in [0.15, 0.2) is 5.65 Å². The number of imidazole rings is 1. The van der Waals surface area contributed by atoms with Gasteiger partial charge in [-0.15, -0.1) is 0 Å². The number of piperidine rings is 1. The van der Waals surface area contributed by atoms with Crippen molar-refractivity contribution in [2.45, 2.75) is 70.6 Å². The van der Waals surface area contributed by atoms with Crippen LogP contribution in [0.3, 0.4) is 0 Å². The number of amides is 2. The third-order valence-corrected chi connectivity index (χ3v) is 8.30. The molecule has 1 atom stereocenters. The van der Waals surface area contributed by atoms with Gasteiger partial charge in [-0.05, 0) is 64.5 Å². The van der Waals surface area contributed by atoms with Crippen LogP contribution in [0.15, 0.2) is 18.3 Å². The summed E-state index contributed by atoms with van der Waals surface area (Å²) in [4.78, 5) is 40.1. The van der Waals surface area contributed by atoms with Gasteiger partial charge in [0.25, 0.3) is 0 Å². The Morgan fingerprint density at radius 2 is 1.78 bits per heavy atom. The van der Waals surface area contributed by atoms with Gasteiger partial charge in [-0.2, -0.15) is 4.98 Å². The lowest BCUT2D eigenvalue weighted by Crippen LogP contribution is -2.46. The molecular formula is C27H33Cl3N8O3. The highest BCUT2D eigenvalue weighted by atomic mass is 35.5. The van der Waals surface area contributed by atoms with Crippen molar-refractivity contribution in [2.24, 2.45) is 11.7 Å². The number of nitrogens with zero attached hydrogens (tertiary/aromatic N) is 5. The third-order valence-electron chi connectivity index (χ3n) is 7.49. The van der Waals surface area contributed by atoms with E-state index in [9.17, 15) is 9.59 Å². The number of fused-ring (bicyclic) bond motifs is 1. The van der Waals surface area contributed by atoms with Crippen LogP contribution in [-0.4, -0.2) is 61.7 Å². The van der Waals surface area contributed by atoms with Crippen LogP contribution in [0.1, 0.15) is 58.4 Å². The molecule has 1 aliphatic heterocycles. The number of ether oxygens (including phenoxy) is 1. The van der Waals surface area contributed by atoms with Gasteiger partial charge < -0.3 is 26.0 Å². The van der Waals surface area contributed by atoms with Crippen LogP contribution in [0.25, 0.3) is 11.2 Å².